The second-order valence-corrected chi connectivity index (χ2v) is 5.68. The predicted molar refractivity (Wildman–Crippen MR) is 88.8 cm³/mol. The van der Waals surface area contributed by atoms with Crippen LogP contribution in [0.5, 0.6) is 0 Å². The largest absolute Gasteiger partial charge is 0.341 e. The highest BCUT2D eigenvalue weighted by molar-refractivity contribution is 5.87. The van der Waals surface area contributed by atoms with Crippen molar-refractivity contribution in [1.29, 1.82) is 0 Å². The van der Waals surface area contributed by atoms with E-state index in [1.807, 2.05) is 65.6 Å². The summed E-state index contributed by atoms with van der Waals surface area (Å²) < 4.78 is 0. The molecule has 0 radical (unpaired) electrons. The zero-order valence-electron chi connectivity index (χ0n) is 12.7. The average molecular weight is 294 g/mol. The fraction of sp³-hybridized carbons (Fsp3) is 0.316. The quantitative estimate of drug-likeness (QED) is 0.944. The fourth-order valence-corrected chi connectivity index (χ4v) is 3.02. The number of rotatable bonds is 3. The van der Waals surface area contributed by atoms with E-state index < -0.39 is 0 Å². The number of carbonyl (C=O) groups is 1. The van der Waals surface area contributed by atoms with Crippen LogP contribution in [-0.4, -0.2) is 37.0 Å². The summed E-state index contributed by atoms with van der Waals surface area (Å²) in [6.45, 7) is 3.49. The monoisotopic (exact) mass is 294 g/mol. The summed E-state index contributed by atoms with van der Waals surface area (Å²) in [6, 6.07) is 20.2. The first-order valence-electron chi connectivity index (χ1n) is 7.95. The van der Waals surface area contributed by atoms with E-state index in [2.05, 4.69) is 5.32 Å². The second kappa shape index (κ2) is 7.23. The van der Waals surface area contributed by atoms with Crippen LogP contribution in [-0.2, 0) is 4.79 Å². The number of carbonyl (C=O) groups excluding carboxylic acids is 1. The van der Waals surface area contributed by atoms with Gasteiger partial charge in [-0.25, -0.2) is 0 Å². The van der Waals surface area contributed by atoms with Gasteiger partial charge in [-0.05, 0) is 24.1 Å². The van der Waals surface area contributed by atoms with Crippen LogP contribution in [0, 0.1) is 0 Å². The average Bonchev–Trinajstić information content (AvgIpc) is 2.86. The van der Waals surface area contributed by atoms with Gasteiger partial charge in [-0.15, -0.1) is 0 Å². The lowest BCUT2D eigenvalue weighted by atomic mass is 9.90. The molecular weight excluding hydrogens is 272 g/mol. The van der Waals surface area contributed by atoms with E-state index in [-0.39, 0.29) is 11.8 Å². The van der Waals surface area contributed by atoms with Crippen molar-refractivity contribution in [2.45, 2.75) is 12.3 Å². The van der Waals surface area contributed by atoms with Crippen molar-refractivity contribution >= 4 is 5.91 Å². The van der Waals surface area contributed by atoms with Gasteiger partial charge in [0.1, 0.15) is 0 Å². The molecule has 3 heteroatoms. The van der Waals surface area contributed by atoms with Gasteiger partial charge in [0.2, 0.25) is 5.91 Å². The highest BCUT2D eigenvalue weighted by atomic mass is 16.2. The molecule has 3 nitrogen and oxygen atoms in total. The standard InChI is InChI=1S/C19H22N2O/c22-19(21-14-7-12-20-13-15-21)18(16-8-3-1-4-9-16)17-10-5-2-6-11-17/h1-6,8-11,18,20H,7,12-15H2. The van der Waals surface area contributed by atoms with Gasteiger partial charge >= 0.3 is 0 Å². The van der Waals surface area contributed by atoms with Crippen molar-refractivity contribution in [2.24, 2.45) is 0 Å². The van der Waals surface area contributed by atoms with E-state index >= 15 is 0 Å². The van der Waals surface area contributed by atoms with E-state index in [1.54, 1.807) is 0 Å². The zero-order valence-corrected chi connectivity index (χ0v) is 12.7. The highest BCUT2D eigenvalue weighted by Crippen LogP contribution is 2.27. The van der Waals surface area contributed by atoms with Gasteiger partial charge in [0.15, 0.2) is 0 Å². The second-order valence-electron chi connectivity index (χ2n) is 5.68. The van der Waals surface area contributed by atoms with Gasteiger partial charge in [-0.1, -0.05) is 60.7 Å². The minimum absolute atomic E-state index is 0.208. The van der Waals surface area contributed by atoms with Crippen LogP contribution in [0.4, 0.5) is 0 Å². The molecule has 0 aliphatic carbocycles. The molecular formula is C19H22N2O. The molecule has 0 bridgehead atoms. The van der Waals surface area contributed by atoms with Gasteiger partial charge in [-0.2, -0.15) is 0 Å². The maximum Gasteiger partial charge on any atom is 0.234 e. The number of hydrogen-bond donors (Lipinski definition) is 1. The Morgan fingerprint density at radius 2 is 1.45 bits per heavy atom. The van der Waals surface area contributed by atoms with Gasteiger partial charge in [0, 0.05) is 19.6 Å². The van der Waals surface area contributed by atoms with E-state index in [4.69, 9.17) is 0 Å². The van der Waals surface area contributed by atoms with Crippen LogP contribution in [0.1, 0.15) is 23.5 Å². The molecule has 1 heterocycles. The molecule has 2 aromatic carbocycles. The molecule has 0 aromatic heterocycles. The number of benzene rings is 2. The SMILES string of the molecule is O=C(C(c1ccccc1)c1ccccc1)N1CCCNCC1. The molecule has 1 N–H and O–H groups in total. The van der Waals surface area contributed by atoms with E-state index in [1.165, 1.54) is 0 Å². The normalized spacial score (nSPS) is 15.6. The topological polar surface area (TPSA) is 32.3 Å². The van der Waals surface area contributed by atoms with Gasteiger partial charge < -0.3 is 10.2 Å². The molecule has 22 heavy (non-hydrogen) atoms. The summed E-state index contributed by atoms with van der Waals surface area (Å²) in [6.07, 6.45) is 1.02. The van der Waals surface area contributed by atoms with Crippen LogP contribution in [0.2, 0.25) is 0 Å². The Hall–Kier alpha value is -2.13. The lowest BCUT2D eigenvalue weighted by Crippen LogP contribution is -2.38. The highest BCUT2D eigenvalue weighted by Gasteiger charge is 2.27. The van der Waals surface area contributed by atoms with Crippen molar-refractivity contribution in [3.8, 4) is 0 Å². The molecule has 0 atom stereocenters. The smallest absolute Gasteiger partial charge is 0.234 e. The minimum atomic E-state index is -0.208. The first-order chi connectivity index (χ1) is 10.9. The van der Waals surface area contributed by atoms with Crippen LogP contribution in [0.25, 0.3) is 0 Å². The molecule has 1 amide bonds. The van der Waals surface area contributed by atoms with Crippen molar-refractivity contribution in [3.05, 3.63) is 71.8 Å². The van der Waals surface area contributed by atoms with Crippen LogP contribution < -0.4 is 5.32 Å². The van der Waals surface area contributed by atoms with Crippen molar-refractivity contribution in [1.82, 2.24) is 10.2 Å². The minimum Gasteiger partial charge on any atom is -0.341 e. The molecule has 3 rings (SSSR count). The maximum absolute atomic E-state index is 13.2. The molecule has 1 aliphatic rings. The predicted octanol–water partition coefficient (Wildman–Crippen LogP) is 2.64. The third kappa shape index (κ3) is 3.37. The Balaban J connectivity index is 1.93. The van der Waals surface area contributed by atoms with E-state index in [9.17, 15) is 4.79 Å². The summed E-state index contributed by atoms with van der Waals surface area (Å²) >= 11 is 0. The Morgan fingerprint density at radius 1 is 0.864 bits per heavy atom. The number of nitrogens with one attached hydrogen (secondary N) is 1. The summed E-state index contributed by atoms with van der Waals surface area (Å²) in [5.41, 5.74) is 2.13. The van der Waals surface area contributed by atoms with Crippen molar-refractivity contribution in [3.63, 3.8) is 0 Å². The lowest BCUT2D eigenvalue weighted by Gasteiger charge is -2.26. The molecule has 0 saturated carbocycles. The number of nitrogens with zero attached hydrogens (tertiary/aromatic N) is 1. The summed E-state index contributed by atoms with van der Waals surface area (Å²) in [4.78, 5) is 15.2. The van der Waals surface area contributed by atoms with E-state index in [0.717, 1.165) is 43.7 Å². The summed E-state index contributed by atoms with van der Waals surface area (Å²) in [5, 5.41) is 3.36. The van der Waals surface area contributed by atoms with Gasteiger partial charge in [0.25, 0.3) is 0 Å². The Kier molecular flexibility index (Phi) is 4.86. The number of hydrogen-bond acceptors (Lipinski definition) is 2. The van der Waals surface area contributed by atoms with Crippen molar-refractivity contribution < 1.29 is 4.79 Å². The molecule has 0 unspecified atom stereocenters. The Bertz CT molecular complexity index is 550. The molecule has 0 spiro atoms. The molecule has 2 aromatic rings. The van der Waals surface area contributed by atoms with E-state index in [0.29, 0.717) is 0 Å². The zero-order chi connectivity index (χ0) is 15.2. The maximum atomic E-state index is 13.2. The summed E-state index contributed by atoms with van der Waals surface area (Å²) in [5.74, 6) is 0.00148. The van der Waals surface area contributed by atoms with Gasteiger partial charge in [0.05, 0.1) is 5.92 Å². The third-order valence-corrected chi connectivity index (χ3v) is 4.16. The Labute approximate surface area is 132 Å². The lowest BCUT2D eigenvalue weighted by molar-refractivity contribution is -0.131. The van der Waals surface area contributed by atoms with Crippen molar-refractivity contribution in [2.75, 3.05) is 26.2 Å². The Morgan fingerprint density at radius 3 is 2.05 bits per heavy atom. The summed E-state index contributed by atoms with van der Waals surface area (Å²) in [7, 11) is 0. The first kappa shape index (κ1) is 14.8. The molecule has 1 aliphatic heterocycles. The van der Waals surface area contributed by atoms with Crippen LogP contribution in [0.15, 0.2) is 60.7 Å². The first-order valence-corrected chi connectivity index (χ1v) is 7.95. The third-order valence-electron chi connectivity index (χ3n) is 4.16. The molecule has 1 fully saturated rings. The number of amides is 1. The fourth-order valence-electron chi connectivity index (χ4n) is 3.02. The molecule has 114 valence electrons. The van der Waals surface area contributed by atoms with Crippen LogP contribution in [0.3, 0.4) is 0 Å². The van der Waals surface area contributed by atoms with Gasteiger partial charge in [-0.3, -0.25) is 4.79 Å². The molecule has 1 saturated heterocycles. The van der Waals surface area contributed by atoms with Crippen LogP contribution >= 0.6 is 0 Å².